The van der Waals surface area contributed by atoms with Crippen molar-refractivity contribution in [2.75, 3.05) is 40.4 Å². The van der Waals surface area contributed by atoms with Gasteiger partial charge in [0, 0.05) is 37.9 Å². The van der Waals surface area contributed by atoms with Crippen LogP contribution in [0, 0.1) is 5.41 Å². The molecule has 0 aliphatic carbocycles. The zero-order valence-corrected chi connectivity index (χ0v) is 24.0. The van der Waals surface area contributed by atoms with Crippen molar-refractivity contribution in [1.29, 1.82) is 0 Å². The van der Waals surface area contributed by atoms with Crippen LogP contribution in [0.2, 0.25) is 0 Å². The smallest absolute Gasteiger partial charge is 0.250 e. The summed E-state index contributed by atoms with van der Waals surface area (Å²) in [6, 6.07) is 14.0. The van der Waals surface area contributed by atoms with Gasteiger partial charge < -0.3 is 19.7 Å². The minimum atomic E-state index is -0.351. The molecule has 214 valence electrons. The number of benzene rings is 2. The van der Waals surface area contributed by atoms with Gasteiger partial charge in [0.2, 0.25) is 11.8 Å². The normalized spacial score (nSPS) is 16.3. The first kappa shape index (κ1) is 30.6. The molecule has 1 unspecified atom stereocenters. The van der Waals surface area contributed by atoms with Crippen molar-refractivity contribution >= 4 is 22.6 Å². The quantitative estimate of drug-likeness (QED) is 0.188. The van der Waals surface area contributed by atoms with E-state index in [1.165, 1.54) is 0 Å². The first-order valence-corrected chi connectivity index (χ1v) is 14.0. The van der Waals surface area contributed by atoms with Gasteiger partial charge in [-0.15, -0.1) is 0 Å². The van der Waals surface area contributed by atoms with Crippen LogP contribution in [0.15, 0.2) is 54.1 Å². The molecule has 8 heteroatoms. The molecule has 3 rings (SSSR count). The zero-order chi connectivity index (χ0) is 28.1. The molecule has 8 nitrogen and oxygen atoms in total. The lowest BCUT2D eigenvalue weighted by Crippen LogP contribution is -2.40. The van der Waals surface area contributed by atoms with Crippen molar-refractivity contribution in [3.05, 3.63) is 54.1 Å². The maximum absolute atomic E-state index is 13.2. The number of unbranched alkanes of at least 4 members (excludes halogenated alkanes) is 2. The van der Waals surface area contributed by atoms with E-state index in [-0.39, 0.29) is 30.1 Å². The highest BCUT2D eigenvalue weighted by atomic mass is 16.8. The van der Waals surface area contributed by atoms with E-state index in [1.54, 1.807) is 0 Å². The number of nitrogens with zero attached hydrogens (tertiary/aromatic N) is 1. The number of hydrogen-bond acceptors (Lipinski definition) is 6. The van der Waals surface area contributed by atoms with Crippen LogP contribution in [0.5, 0.6) is 5.75 Å². The van der Waals surface area contributed by atoms with Gasteiger partial charge in [-0.1, -0.05) is 56.3 Å². The molecule has 2 N–H and O–H groups in total. The molecule has 1 fully saturated rings. The van der Waals surface area contributed by atoms with E-state index in [1.807, 2.05) is 62.6 Å². The van der Waals surface area contributed by atoms with Gasteiger partial charge in [-0.3, -0.25) is 9.59 Å². The number of carbonyl (C=O) groups excluding carboxylic acids is 2. The van der Waals surface area contributed by atoms with E-state index in [2.05, 4.69) is 29.5 Å². The topological polar surface area (TPSA) is 89.1 Å². The fourth-order valence-electron chi connectivity index (χ4n) is 4.73. The van der Waals surface area contributed by atoms with Crippen LogP contribution in [0.3, 0.4) is 0 Å². The Balaban J connectivity index is 1.54. The number of nitrogens with one attached hydrogen (secondary N) is 2. The third-order valence-electron chi connectivity index (χ3n) is 6.59. The average molecular weight is 540 g/mol. The average Bonchev–Trinajstić information content (AvgIpc) is 2.92. The van der Waals surface area contributed by atoms with E-state index < -0.39 is 0 Å². The van der Waals surface area contributed by atoms with E-state index in [0.29, 0.717) is 38.0 Å². The molecular weight excluding hydrogens is 494 g/mol. The fraction of sp³-hybridized carbons (Fsp3) is 0.548. The van der Waals surface area contributed by atoms with Crippen LogP contribution < -0.4 is 15.5 Å². The largest absolute Gasteiger partial charge is 0.488 e. The summed E-state index contributed by atoms with van der Waals surface area (Å²) in [5.74, 6) is 0.465. The van der Waals surface area contributed by atoms with Gasteiger partial charge in [-0.2, -0.15) is 0 Å². The third-order valence-corrected chi connectivity index (χ3v) is 6.59. The first-order chi connectivity index (χ1) is 18.7. The number of hydroxylamine groups is 1. The van der Waals surface area contributed by atoms with Crippen molar-refractivity contribution in [3.63, 3.8) is 0 Å². The third kappa shape index (κ3) is 11.0. The van der Waals surface area contributed by atoms with Gasteiger partial charge in [-0.05, 0) is 63.1 Å². The second-order valence-electron chi connectivity index (χ2n) is 11.3. The van der Waals surface area contributed by atoms with Crippen molar-refractivity contribution in [1.82, 2.24) is 15.7 Å². The maximum atomic E-state index is 13.2. The summed E-state index contributed by atoms with van der Waals surface area (Å²) in [6.45, 7) is 6.53. The zero-order valence-electron chi connectivity index (χ0n) is 24.0. The molecule has 1 atom stereocenters. The van der Waals surface area contributed by atoms with E-state index in [0.717, 1.165) is 48.8 Å². The number of rotatable bonds is 15. The number of allylic oxidation sites excluding steroid dienone is 1. The van der Waals surface area contributed by atoms with Crippen molar-refractivity contribution in [2.45, 2.75) is 65.1 Å². The Kier molecular flexibility index (Phi) is 12.2. The van der Waals surface area contributed by atoms with Gasteiger partial charge in [-0.25, -0.2) is 10.3 Å². The molecular formula is C31H45N3O5. The van der Waals surface area contributed by atoms with E-state index >= 15 is 0 Å². The molecule has 1 aliphatic heterocycles. The van der Waals surface area contributed by atoms with E-state index in [4.69, 9.17) is 14.3 Å². The van der Waals surface area contributed by atoms with Crippen molar-refractivity contribution < 1.29 is 23.9 Å². The number of ether oxygens (including phenoxy) is 2. The summed E-state index contributed by atoms with van der Waals surface area (Å²) in [4.78, 5) is 32.8. The predicted octanol–water partition coefficient (Wildman–Crippen LogP) is 4.98. The molecule has 0 radical (unpaired) electrons. The summed E-state index contributed by atoms with van der Waals surface area (Å²) in [7, 11) is 4.06. The number of fused-ring (bicyclic) bond motifs is 1. The first-order valence-electron chi connectivity index (χ1n) is 14.0. The molecule has 1 saturated heterocycles. The maximum Gasteiger partial charge on any atom is 0.250 e. The molecule has 1 aliphatic rings. The monoisotopic (exact) mass is 539 g/mol. The molecule has 1 heterocycles. The molecule has 2 aromatic rings. The summed E-state index contributed by atoms with van der Waals surface area (Å²) in [5.41, 5.74) is 3.02. The van der Waals surface area contributed by atoms with Crippen LogP contribution in [0.25, 0.3) is 10.8 Å². The summed E-state index contributed by atoms with van der Waals surface area (Å²) < 4.78 is 11.6. The number of carbonyl (C=O) groups is 2. The van der Waals surface area contributed by atoms with Crippen LogP contribution >= 0.6 is 0 Å². The van der Waals surface area contributed by atoms with Gasteiger partial charge in [0.05, 0.1) is 5.57 Å². The predicted molar refractivity (Wildman–Crippen MR) is 154 cm³/mol. The molecule has 2 aromatic carbocycles. The highest BCUT2D eigenvalue weighted by Gasteiger charge is 2.21. The number of hydrogen-bond donors (Lipinski definition) is 2. The number of amides is 2. The Morgan fingerprint density at radius 2 is 1.90 bits per heavy atom. The van der Waals surface area contributed by atoms with Crippen LogP contribution in [-0.4, -0.2) is 63.4 Å². The Bertz CT molecular complexity index is 1090. The molecule has 0 aromatic heterocycles. The summed E-state index contributed by atoms with van der Waals surface area (Å²) >= 11 is 0. The Morgan fingerprint density at radius 1 is 1.10 bits per heavy atom. The Labute approximate surface area is 233 Å². The lowest BCUT2D eigenvalue weighted by atomic mass is 9.93. The minimum Gasteiger partial charge on any atom is -0.488 e. The minimum absolute atomic E-state index is 0.0706. The van der Waals surface area contributed by atoms with Gasteiger partial charge in [0.15, 0.2) is 6.29 Å². The van der Waals surface area contributed by atoms with Crippen LogP contribution in [-0.2, 0) is 19.2 Å². The highest BCUT2D eigenvalue weighted by Crippen LogP contribution is 2.25. The van der Waals surface area contributed by atoms with Gasteiger partial charge in [0.1, 0.15) is 12.4 Å². The SMILES string of the molecule is CN(C)CC(C)(C)CNC(=O)C(=CCCCCC(=O)NOC1CCCCO1)COc1cccc2ccccc12. The van der Waals surface area contributed by atoms with E-state index in [9.17, 15) is 9.59 Å². The Hall–Kier alpha value is -2.94. The second kappa shape index (κ2) is 15.6. The molecule has 0 spiro atoms. The van der Waals surface area contributed by atoms with Crippen molar-refractivity contribution in [3.8, 4) is 5.75 Å². The van der Waals surface area contributed by atoms with Gasteiger partial charge in [0.25, 0.3) is 0 Å². The summed E-state index contributed by atoms with van der Waals surface area (Å²) in [6.07, 6.45) is 6.93. The lowest BCUT2D eigenvalue weighted by Gasteiger charge is -2.28. The van der Waals surface area contributed by atoms with Crippen LogP contribution in [0.4, 0.5) is 0 Å². The lowest BCUT2D eigenvalue weighted by molar-refractivity contribution is -0.200. The molecule has 2 amide bonds. The molecule has 0 saturated carbocycles. The fourth-order valence-corrected chi connectivity index (χ4v) is 4.73. The Morgan fingerprint density at radius 3 is 2.67 bits per heavy atom. The standard InChI is InChI=1S/C31H45N3O5/c1-31(2,23-34(3)4)22-32-30(36)25(21-38-27-17-12-15-24-13-8-9-16-26(24)27)14-6-5-7-18-28(35)33-39-29-19-10-11-20-37-29/h8-9,12-17,29H,5-7,10-11,18-23H2,1-4H3,(H,32,36)(H,33,35). The summed E-state index contributed by atoms with van der Waals surface area (Å²) in [5, 5.41) is 5.21. The molecule has 0 bridgehead atoms. The van der Waals surface area contributed by atoms with Crippen molar-refractivity contribution in [2.24, 2.45) is 5.41 Å². The van der Waals surface area contributed by atoms with Gasteiger partial charge >= 0.3 is 0 Å². The second-order valence-corrected chi connectivity index (χ2v) is 11.3. The molecule has 39 heavy (non-hydrogen) atoms. The highest BCUT2D eigenvalue weighted by molar-refractivity contribution is 5.94. The van der Waals surface area contributed by atoms with Crippen LogP contribution in [0.1, 0.15) is 58.8 Å².